The molecule has 2 rings (SSSR count). The summed E-state index contributed by atoms with van der Waals surface area (Å²) in [5.41, 5.74) is 0.736. The van der Waals surface area contributed by atoms with Crippen molar-refractivity contribution in [2.75, 3.05) is 6.26 Å². The Bertz CT molecular complexity index is 518. The van der Waals surface area contributed by atoms with E-state index in [4.69, 9.17) is 11.6 Å². The second-order valence-electron chi connectivity index (χ2n) is 3.01. The maximum atomic E-state index is 9.29. The van der Waals surface area contributed by atoms with Crippen molar-refractivity contribution >= 4 is 46.5 Å². The molecule has 0 amide bonds. The topological polar surface area (TPSA) is 46.0 Å². The number of nitrogens with zero attached hydrogens (tertiary/aromatic N) is 2. The normalized spacial score (nSPS) is 10.8. The number of thioether (sulfide) groups is 1. The first-order valence-electron chi connectivity index (χ1n) is 4.68. The summed E-state index contributed by atoms with van der Waals surface area (Å²) in [6, 6.07) is 5.55. The average molecular weight is 305 g/mol. The number of aliphatic hydroxyl groups is 1. The quantitative estimate of drug-likeness (QED) is 0.875. The number of hydrogen-bond donors (Lipinski definition) is 1. The lowest BCUT2D eigenvalue weighted by molar-refractivity contribution is 0.279. The summed E-state index contributed by atoms with van der Waals surface area (Å²) in [5, 5.41) is 18.0. The predicted molar refractivity (Wildman–Crippen MR) is 73.2 cm³/mol. The van der Waals surface area contributed by atoms with Crippen molar-refractivity contribution in [2.24, 2.45) is 0 Å². The Hall–Kier alpha value is -0.270. The van der Waals surface area contributed by atoms with Gasteiger partial charge in [-0.25, -0.2) is 0 Å². The van der Waals surface area contributed by atoms with Gasteiger partial charge in [-0.3, -0.25) is 0 Å². The van der Waals surface area contributed by atoms with Crippen molar-refractivity contribution in [3.8, 4) is 0 Å². The van der Waals surface area contributed by atoms with Crippen LogP contribution in [0.1, 0.15) is 5.56 Å². The minimum Gasteiger partial charge on any atom is -0.392 e. The molecule has 0 unspecified atom stereocenters. The maximum absolute atomic E-state index is 9.29. The van der Waals surface area contributed by atoms with Crippen molar-refractivity contribution in [3.63, 3.8) is 0 Å². The molecule has 1 N–H and O–H groups in total. The third-order valence-corrected chi connectivity index (χ3v) is 5.40. The second-order valence-corrected chi connectivity index (χ2v) is 6.74. The summed E-state index contributed by atoms with van der Waals surface area (Å²) in [4.78, 5) is 0.920. The van der Waals surface area contributed by atoms with Crippen LogP contribution in [-0.2, 0) is 6.61 Å². The summed E-state index contributed by atoms with van der Waals surface area (Å²) >= 11 is 10.6. The molecule has 1 heterocycles. The monoisotopic (exact) mass is 304 g/mol. The van der Waals surface area contributed by atoms with Crippen LogP contribution >= 0.6 is 46.5 Å². The number of hydrogen-bond acceptors (Lipinski definition) is 6. The average Bonchev–Trinajstić information content (AvgIpc) is 2.77. The Labute approximate surface area is 117 Å². The van der Waals surface area contributed by atoms with Crippen LogP contribution in [0.5, 0.6) is 0 Å². The highest BCUT2D eigenvalue weighted by Gasteiger charge is 2.10. The van der Waals surface area contributed by atoms with E-state index in [2.05, 4.69) is 10.2 Å². The van der Waals surface area contributed by atoms with Crippen molar-refractivity contribution in [3.05, 3.63) is 28.8 Å². The molecule has 17 heavy (non-hydrogen) atoms. The van der Waals surface area contributed by atoms with Crippen LogP contribution in [-0.4, -0.2) is 21.6 Å². The molecule has 0 bridgehead atoms. The van der Waals surface area contributed by atoms with E-state index in [0.717, 1.165) is 19.1 Å². The number of aliphatic hydroxyl groups excluding tert-OH is 1. The number of halogens is 1. The molecular formula is C10H9ClN2OS3. The van der Waals surface area contributed by atoms with Crippen molar-refractivity contribution in [1.82, 2.24) is 10.2 Å². The molecule has 0 aliphatic carbocycles. The second kappa shape index (κ2) is 6.06. The molecule has 0 saturated carbocycles. The summed E-state index contributed by atoms with van der Waals surface area (Å²) in [7, 11) is 0. The van der Waals surface area contributed by atoms with E-state index in [1.54, 1.807) is 17.8 Å². The van der Waals surface area contributed by atoms with Gasteiger partial charge in [0.2, 0.25) is 0 Å². The SMILES string of the molecule is CSc1nnc(Sc2cccc(Cl)c2CO)s1. The van der Waals surface area contributed by atoms with E-state index < -0.39 is 0 Å². The van der Waals surface area contributed by atoms with E-state index in [9.17, 15) is 5.11 Å². The van der Waals surface area contributed by atoms with Gasteiger partial charge in [-0.2, -0.15) is 0 Å². The van der Waals surface area contributed by atoms with Gasteiger partial charge in [0.1, 0.15) is 0 Å². The van der Waals surface area contributed by atoms with Crippen molar-refractivity contribution in [1.29, 1.82) is 0 Å². The molecule has 0 radical (unpaired) electrons. The third-order valence-electron chi connectivity index (χ3n) is 1.99. The molecule has 0 aliphatic heterocycles. The minimum absolute atomic E-state index is 0.0732. The molecule has 3 nitrogen and oxygen atoms in total. The molecule has 0 saturated heterocycles. The Balaban J connectivity index is 2.26. The number of rotatable bonds is 4. The largest absolute Gasteiger partial charge is 0.392 e. The Morgan fingerprint density at radius 1 is 1.35 bits per heavy atom. The summed E-state index contributed by atoms with van der Waals surface area (Å²) in [6.07, 6.45) is 1.97. The molecule has 1 aromatic heterocycles. The molecule has 1 aromatic carbocycles. The summed E-state index contributed by atoms with van der Waals surface area (Å²) < 4.78 is 1.78. The molecule has 0 fully saturated rings. The molecule has 0 aliphatic rings. The van der Waals surface area contributed by atoms with Gasteiger partial charge in [0.15, 0.2) is 8.68 Å². The zero-order valence-electron chi connectivity index (χ0n) is 8.88. The first kappa shape index (κ1) is 13.2. The highest BCUT2D eigenvalue weighted by atomic mass is 35.5. The van der Waals surface area contributed by atoms with E-state index >= 15 is 0 Å². The van der Waals surface area contributed by atoms with Gasteiger partial charge in [0, 0.05) is 15.5 Å². The molecular weight excluding hydrogens is 296 g/mol. The van der Waals surface area contributed by atoms with Gasteiger partial charge >= 0.3 is 0 Å². The minimum atomic E-state index is -0.0732. The standard InChI is InChI=1S/C10H9ClN2OS3/c1-15-9-12-13-10(17-9)16-8-4-2-3-7(11)6(8)5-14/h2-4,14H,5H2,1H3. The molecule has 0 spiro atoms. The Morgan fingerprint density at radius 2 is 2.12 bits per heavy atom. The van der Waals surface area contributed by atoms with E-state index in [0.29, 0.717) is 5.02 Å². The number of aromatic nitrogens is 2. The number of benzene rings is 1. The Kier molecular flexibility index (Phi) is 4.69. The molecule has 2 aromatic rings. The lowest BCUT2D eigenvalue weighted by atomic mass is 10.2. The molecule has 0 atom stereocenters. The van der Waals surface area contributed by atoms with Crippen LogP contribution in [0.25, 0.3) is 0 Å². The zero-order valence-corrected chi connectivity index (χ0v) is 12.1. The lowest BCUT2D eigenvalue weighted by Crippen LogP contribution is -1.88. The van der Waals surface area contributed by atoms with Gasteiger partial charge in [0.25, 0.3) is 0 Å². The summed E-state index contributed by atoms with van der Waals surface area (Å²) in [5.74, 6) is 0. The first-order valence-corrected chi connectivity index (χ1v) is 7.91. The third kappa shape index (κ3) is 3.14. The van der Waals surface area contributed by atoms with Gasteiger partial charge in [-0.1, -0.05) is 52.5 Å². The smallest absolute Gasteiger partial charge is 0.179 e. The molecule has 7 heteroatoms. The Morgan fingerprint density at radius 3 is 2.76 bits per heavy atom. The van der Waals surface area contributed by atoms with Crippen LogP contribution in [0.3, 0.4) is 0 Å². The lowest BCUT2D eigenvalue weighted by Gasteiger charge is -2.06. The van der Waals surface area contributed by atoms with E-state index in [1.165, 1.54) is 23.1 Å². The van der Waals surface area contributed by atoms with E-state index in [1.807, 2.05) is 18.4 Å². The van der Waals surface area contributed by atoms with Gasteiger partial charge < -0.3 is 5.11 Å². The van der Waals surface area contributed by atoms with Crippen molar-refractivity contribution in [2.45, 2.75) is 20.2 Å². The maximum Gasteiger partial charge on any atom is 0.179 e. The predicted octanol–water partition coefficient (Wildman–Crippen LogP) is 3.56. The highest BCUT2D eigenvalue weighted by Crippen LogP contribution is 2.36. The van der Waals surface area contributed by atoms with Crippen molar-refractivity contribution < 1.29 is 5.11 Å². The van der Waals surface area contributed by atoms with Gasteiger partial charge in [0.05, 0.1) is 6.61 Å². The fraction of sp³-hybridized carbons (Fsp3) is 0.200. The van der Waals surface area contributed by atoms with E-state index in [-0.39, 0.29) is 6.61 Å². The van der Waals surface area contributed by atoms with Crippen LogP contribution in [0, 0.1) is 0 Å². The van der Waals surface area contributed by atoms with Gasteiger partial charge in [-0.15, -0.1) is 10.2 Å². The van der Waals surface area contributed by atoms with Crippen LogP contribution in [0.15, 0.2) is 31.8 Å². The van der Waals surface area contributed by atoms with Gasteiger partial charge in [-0.05, 0) is 18.4 Å². The summed E-state index contributed by atoms with van der Waals surface area (Å²) in [6.45, 7) is -0.0732. The fourth-order valence-corrected chi connectivity index (χ4v) is 4.04. The van der Waals surface area contributed by atoms with Crippen LogP contribution in [0.2, 0.25) is 5.02 Å². The van der Waals surface area contributed by atoms with Crippen LogP contribution < -0.4 is 0 Å². The van der Waals surface area contributed by atoms with Crippen LogP contribution in [0.4, 0.5) is 0 Å². The fourth-order valence-electron chi connectivity index (χ4n) is 1.20. The highest BCUT2D eigenvalue weighted by molar-refractivity contribution is 8.03. The first-order chi connectivity index (χ1) is 8.24. The zero-order chi connectivity index (χ0) is 12.3. The molecule has 90 valence electrons.